The van der Waals surface area contributed by atoms with Gasteiger partial charge in [-0.15, -0.1) is 0 Å². The molecule has 4 nitrogen and oxygen atoms in total. The number of anilines is 2. The number of aryl methyl sites for hydroxylation is 1. The van der Waals surface area contributed by atoms with E-state index < -0.39 is 0 Å². The molecule has 0 spiro atoms. The highest BCUT2D eigenvalue weighted by Crippen LogP contribution is 2.29. The number of amides is 1. The number of carbonyl (C=O) groups is 1. The average molecular weight is 206 g/mol. The lowest BCUT2D eigenvalue weighted by atomic mass is 10.0. The van der Waals surface area contributed by atoms with Crippen LogP contribution in [-0.4, -0.2) is 24.2 Å². The summed E-state index contributed by atoms with van der Waals surface area (Å²) in [7, 11) is 0. The molecule has 0 unspecified atom stereocenters. The first kappa shape index (κ1) is 9.98. The zero-order chi connectivity index (χ0) is 10.8. The minimum atomic E-state index is -0.0183. The number of hydrogen-bond donors (Lipinski definition) is 2. The van der Waals surface area contributed by atoms with Crippen molar-refractivity contribution in [3.8, 4) is 0 Å². The lowest BCUT2D eigenvalue weighted by Crippen LogP contribution is -2.37. The van der Waals surface area contributed by atoms with Gasteiger partial charge in [0.15, 0.2) is 0 Å². The largest absolute Gasteiger partial charge is 0.399 e. The van der Waals surface area contributed by atoms with Crippen molar-refractivity contribution in [2.75, 3.05) is 23.8 Å². The van der Waals surface area contributed by atoms with Crippen molar-refractivity contribution in [2.45, 2.75) is 12.8 Å². The van der Waals surface area contributed by atoms with Crippen molar-refractivity contribution in [3.05, 3.63) is 23.8 Å². The molecule has 1 aromatic carbocycles. The van der Waals surface area contributed by atoms with Crippen molar-refractivity contribution in [1.82, 2.24) is 0 Å². The van der Waals surface area contributed by atoms with Crippen LogP contribution in [0.5, 0.6) is 0 Å². The van der Waals surface area contributed by atoms with Crippen LogP contribution in [0.15, 0.2) is 18.2 Å². The van der Waals surface area contributed by atoms with E-state index >= 15 is 0 Å². The predicted molar refractivity (Wildman–Crippen MR) is 58.6 cm³/mol. The first-order valence-corrected chi connectivity index (χ1v) is 5.02. The van der Waals surface area contributed by atoms with E-state index in [0.29, 0.717) is 18.7 Å². The Morgan fingerprint density at radius 1 is 1.40 bits per heavy atom. The Morgan fingerprint density at radius 2 is 2.20 bits per heavy atom. The number of hydrogen-bond acceptors (Lipinski definition) is 3. The molecule has 1 aromatic rings. The van der Waals surface area contributed by atoms with Crippen molar-refractivity contribution < 1.29 is 9.90 Å². The highest BCUT2D eigenvalue weighted by molar-refractivity contribution is 5.96. The van der Waals surface area contributed by atoms with Crippen LogP contribution >= 0.6 is 0 Å². The van der Waals surface area contributed by atoms with E-state index in [9.17, 15) is 4.79 Å². The molecule has 1 amide bonds. The molecule has 0 bridgehead atoms. The highest BCUT2D eigenvalue weighted by Gasteiger charge is 2.23. The minimum absolute atomic E-state index is 0.0183. The van der Waals surface area contributed by atoms with Gasteiger partial charge in [-0.1, -0.05) is 0 Å². The Bertz CT molecular complexity index is 390. The molecule has 0 saturated carbocycles. The molecular formula is C11H14N2O2. The van der Waals surface area contributed by atoms with Gasteiger partial charge in [-0.2, -0.15) is 0 Å². The van der Waals surface area contributed by atoms with Crippen LogP contribution in [0.4, 0.5) is 11.4 Å². The van der Waals surface area contributed by atoms with E-state index in [1.54, 1.807) is 11.0 Å². The summed E-state index contributed by atoms with van der Waals surface area (Å²) >= 11 is 0. The summed E-state index contributed by atoms with van der Waals surface area (Å²) in [6, 6.07) is 5.52. The first-order valence-electron chi connectivity index (χ1n) is 5.02. The molecule has 80 valence electrons. The first-order chi connectivity index (χ1) is 7.22. The number of aliphatic hydroxyl groups is 1. The molecular weight excluding hydrogens is 192 g/mol. The Kier molecular flexibility index (Phi) is 2.60. The Hall–Kier alpha value is -1.55. The molecule has 0 atom stereocenters. The third-order valence-corrected chi connectivity index (χ3v) is 2.63. The Morgan fingerprint density at radius 3 is 2.93 bits per heavy atom. The van der Waals surface area contributed by atoms with Crippen LogP contribution in [0.2, 0.25) is 0 Å². The summed E-state index contributed by atoms with van der Waals surface area (Å²) in [5, 5.41) is 8.90. The zero-order valence-corrected chi connectivity index (χ0v) is 8.44. The second-order valence-corrected chi connectivity index (χ2v) is 3.66. The molecule has 1 heterocycles. The normalized spacial score (nSPS) is 15.3. The Labute approximate surface area is 88.3 Å². The number of rotatable bonds is 2. The standard InChI is InChI=1S/C11H14N2O2/c12-9-2-3-10-8(7-9)1-4-11(15)13(10)5-6-14/h2-3,7,14H,1,4-6,12H2. The molecule has 2 rings (SSSR count). The van der Waals surface area contributed by atoms with Crippen LogP contribution in [0, 0.1) is 0 Å². The predicted octanol–water partition coefficient (Wildman–Crippen LogP) is 0.540. The number of nitrogen functional groups attached to an aromatic ring is 1. The van der Waals surface area contributed by atoms with Gasteiger partial charge in [-0.3, -0.25) is 4.79 Å². The fourth-order valence-corrected chi connectivity index (χ4v) is 1.93. The van der Waals surface area contributed by atoms with E-state index in [1.807, 2.05) is 12.1 Å². The molecule has 4 heteroatoms. The molecule has 0 aliphatic carbocycles. The fourth-order valence-electron chi connectivity index (χ4n) is 1.93. The third kappa shape index (κ3) is 1.80. The van der Waals surface area contributed by atoms with E-state index in [0.717, 1.165) is 17.7 Å². The van der Waals surface area contributed by atoms with E-state index in [-0.39, 0.29) is 12.5 Å². The van der Waals surface area contributed by atoms with Gasteiger partial charge in [0.25, 0.3) is 0 Å². The number of nitrogens with two attached hydrogens (primary N) is 1. The molecule has 15 heavy (non-hydrogen) atoms. The van der Waals surface area contributed by atoms with Gasteiger partial charge in [0, 0.05) is 24.3 Å². The molecule has 1 aliphatic rings. The van der Waals surface area contributed by atoms with Crippen molar-refractivity contribution in [2.24, 2.45) is 0 Å². The zero-order valence-electron chi connectivity index (χ0n) is 8.44. The quantitative estimate of drug-likeness (QED) is 0.694. The second kappa shape index (κ2) is 3.90. The number of aliphatic hydroxyl groups excluding tert-OH is 1. The number of nitrogens with zero attached hydrogens (tertiary/aromatic N) is 1. The maximum atomic E-state index is 11.6. The Balaban J connectivity index is 2.39. The van der Waals surface area contributed by atoms with E-state index in [2.05, 4.69) is 0 Å². The molecule has 1 aliphatic heterocycles. The topological polar surface area (TPSA) is 66.6 Å². The lowest BCUT2D eigenvalue weighted by Gasteiger charge is -2.29. The van der Waals surface area contributed by atoms with Gasteiger partial charge in [0.2, 0.25) is 5.91 Å². The summed E-state index contributed by atoms with van der Waals surface area (Å²) < 4.78 is 0. The van der Waals surface area contributed by atoms with Gasteiger partial charge in [0.05, 0.1) is 6.61 Å². The number of β-amino-alcohol motifs (C(OH)–C–C–N with tert-alkyl or cyclic N) is 1. The summed E-state index contributed by atoms with van der Waals surface area (Å²) in [6.45, 7) is 0.339. The number of benzene rings is 1. The lowest BCUT2D eigenvalue weighted by molar-refractivity contribution is -0.119. The second-order valence-electron chi connectivity index (χ2n) is 3.66. The summed E-state index contributed by atoms with van der Waals surface area (Å²) in [4.78, 5) is 13.2. The smallest absolute Gasteiger partial charge is 0.227 e. The monoisotopic (exact) mass is 206 g/mol. The molecule has 0 radical (unpaired) electrons. The van der Waals surface area contributed by atoms with Crippen molar-refractivity contribution in [3.63, 3.8) is 0 Å². The summed E-state index contributed by atoms with van der Waals surface area (Å²) in [6.07, 6.45) is 1.23. The maximum absolute atomic E-state index is 11.6. The highest BCUT2D eigenvalue weighted by atomic mass is 16.3. The van der Waals surface area contributed by atoms with Crippen molar-refractivity contribution >= 4 is 17.3 Å². The number of fused-ring (bicyclic) bond motifs is 1. The van der Waals surface area contributed by atoms with Gasteiger partial charge < -0.3 is 15.7 Å². The van der Waals surface area contributed by atoms with Crippen LogP contribution in [-0.2, 0) is 11.2 Å². The van der Waals surface area contributed by atoms with Crippen LogP contribution in [0.25, 0.3) is 0 Å². The summed E-state index contributed by atoms with van der Waals surface area (Å²) in [5.74, 6) is 0.0707. The van der Waals surface area contributed by atoms with Crippen LogP contribution in [0.1, 0.15) is 12.0 Å². The van der Waals surface area contributed by atoms with Gasteiger partial charge in [-0.25, -0.2) is 0 Å². The number of carbonyl (C=O) groups excluding carboxylic acids is 1. The fraction of sp³-hybridized carbons (Fsp3) is 0.364. The molecule has 0 fully saturated rings. The maximum Gasteiger partial charge on any atom is 0.227 e. The SMILES string of the molecule is Nc1ccc2c(c1)CCC(=O)N2CCO. The van der Waals surface area contributed by atoms with Crippen LogP contribution < -0.4 is 10.6 Å². The third-order valence-electron chi connectivity index (χ3n) is 2.63. The van der Waals surface area contributed by atoms with E-state index in [4.69, 9.17) is 10.8 Å². The molecule has 0 aromatic heterocycles. The minimum Gasteiger partial charge on any atom is -0.399 e. The molecule has 3 N–H and O–H groups in total. The van der Waals surface area contributed by atoms with E-state index in [1.165, 1.54) is 0 Å². The summed E-state index contributed by atoms with van der Waals surface area (Å²) in [5.41, 5.74) is 8.37. The average Bonchev–Trinajstić information content (AvgIpc) is 2.22. The van der Waals surface area contributed by atoms with Crippen molar-refractivity contribution in [1.29, 1.82) is 0 Å². The van der Waals surface area contributed by atoms with Gasteiger partial charge >= 0.3 is 0 Å². The van der Waals surface area contributed by atoms with Gasteiger partial charge in [0.1, 0.15) is 0 Å². The van der Waals surface area contributed by atoms with Crippen LogP contribution in [0.3, 0.4) is 0 Å². The molecule has 0 saturated heterocycles. The van der Waals surface area contributed by atoms with Gasteiger partial charge in [-0.05, 0) is 30.2 Å².